The molecule has 0 unspecified atom stereocenters. The van der Waals surface area contributed by atoms with E-state index in [-0.39, 0.29) is 5.91 Å². The highest BCUT2D eigenvalue weighted by Crippen LogP contribution is 2.61. The summed E-state index contributed by atoms with van der Waals surface area (Å²) >= 11 is 0. The maximum Gasteiger partial charge on any atom is 0.248 e. The van der Waals surface area contributed by atoms with Gasteiger partial charge in [0.2, 0.25) is 5.91 Å². The molecule has 2 N–H and O–H groups in total. The van der Waals surface area contributed by atoms with Crippen molar-refractivity contribution >= 4 is 16.7 Å². The van der Waals surface area contributed by atoms with Crippen LogP contribution in [0.5, 0.6) is 5.75 Å². The predicted octanol–water partition coefficient (Wildman–Crippen LogP) is 6.15. The normalized spacial score (nSPS) is 28.7. The summed E-state index contributed by atoms with van der Waals surface area (Å²) in [6, 6.07) is 18.8. The molecule has 4 aliphatic rings. The Balaban J connectivity index is 1.40. The van der Waals surface area contributed by atoms with Gasteiger partial charge in [0.1, 0.15) is 5.75 Å². The Morgan fingerprint density at radius 3 is 2.10 bits per heavy atom. The van der Waals surface area contributed by atoms with Crippen molar-refractivity contribution in [3.63, 3.8) is 0 Å². The van der Waals surface area contributed by atoms with Crippen LogP contribution < -0.4 is 10.5 Å². The van der Waals surface area contributed by atoms with Crippen LogP contribution in [-0.2, 0) is 0 Å². The molecule has 0 heterocycles. The highest BCUT2D eigenvalue weighted by Gasteiger charge is 2.49. The summed E-state index contributed by atoms with van der Waals surface area (Å²) in [5, 5.41) is 2.16. The van der Waals surface area contributed by atoms with E-state index in [4.69, 9.17) is 10.5 Å². The molecule has 158 valence electrons. The van der Waals surface area contributed by atoms with Crippen molar-refractivity contribution < 1.29 is 9.53 Å². The molecular weight excluding hydrogens is 382 g/mol. The van der Waals surface area contributed by atoms with Gasteiger partial charge >= 0.3 is 0 Å². The van der Waals surface area contributed by atoms with Crippen LogP contribution in [0.2, 0.25) is 0 Å². The summed E-state index contributed by atoms with van der Waals surface area (Å²) in [5.74, 6) is 4.89. The lowest BCUT2D eigenvalue weighted by molar-refractivity contribution is -0.00345. The average molecular weight is 412 g/mol. The van der Waals surface area contributed by atoms with Gasteiger partial charge in [0.25, 0.3) is 0 Å². The van der Waals surface area contributed by atoms with Crippen LogP contribution in [0.3, 0.4) is 0 Å². The van der Waals surface area contributed by atoms with E-state index < -0.39 is 0 Å². The lowest BCUT2D eigenvalue weighted by Gasteiger charge is -2.54. The van der Waals surface area contributed by atoms with Gasteiger partial charge in [0.05, 0.1) is 7.11 Å². The third kappa shape index (κ3) is 3.13. The average Bonchev–Trinajstić information content (AvgIpc) is 2.77. The molecule has 4 fully saturated rings. The zero-order chi connectivity index (χ0) is 21.1. The maximum atomic E-state index is 11.5. The minimum atomic E-state index is -0.388. The molecule has 3 aromatic rings. The van der Waals surface area contributed by atoms with Gasteiger partial charge in [-0.3, -0.25) is 4.79 Å². The number of benzene rings is 3. The second-order valence-corrected chi connectivity index (χ2v) is 10.1. The Bertz CT molecular complexity index is 1150. The number of hydrogen-bond acceptors (Lipinski definition) is 2. The quantitative estimate of drug-likeness (QED) is 0.559. The van der Waals surface area contributed by atoms with E-state index in [0.29, 0.717) is 11.5 Å². The summed E-state index contributed by atoms with van der Waals surface area (Å²) in [6.07, 6.45) is 7.10. The summed E-state index contributed by atoms with van der Waals surface area (Å²) in [6.45, 7) is 0. The number of amides is 1. The SMILES string of the molecule is COc1ccc(-c2ccc3cc(C(N)=O)ccc3c2)cc1C1C2CC3CC(C2)CC1C3. The lowest BCUT2D eigenvalue weighted by atomic mass is 9.50. The fourth-order valence-electron chi connectivity index (χ4n) is 7.19. The zero-order valence-electron chi connectivity index (χ0n) is 18.0. The molecule has 3 heteroatoms. The molecule has 4 aliphatic carbocycles. The fourth-order valence-corrected chi connectivity index (χ4v) is 7.19. The molecule has 0 atom stereocenters. The second-order valence-electron chi connectivity index (χ2n) is 10.1. The van der Waals surface area contributed by atoms with Gasteiger partial charge in [-0.25, -0.2) is 0 Å². The molecular formula is C28H29NO2. The molecule has 3 aromatic carbocycles. The van der Waals surface area contributed by atoms with Gasteiger partial charge < -0.3 is 10.5 Å². The Morgan fingerprint density at radius 2 is 1.42 bits per heavy atom. The number of carbonyl (C=O) groups is 1. The molecule has 0 radical (unpaired) electrons. The molecule has 3 nitrogen and oxygen atoms in total. The number of methoxy groups -OCH3 is 1. The van der Waals surface area contributed by atoms with E-state index in [9.17, 15) is 4.79 Å². The minimum Gasteiger partial charge on any atom is -0.496 e. The van der Waals surface area contributed by atoms with Gasteiger partial charge in [-0.05, 0) is 119 Å². The van der Waals surface area contributed by atoms with Gasteiger partial charge in [0.15, 0.2) is 0 Å². The highest BCUT2D eigenvalue weighted by molar-refractivity contribution is 5.98. The van der Waals surface area contributed by atoms with E-state index >= 15 is 0 Å². The molecule has 1 amide bonds. The van der Waals surface area contributed by atoms with Gasteiger partial charge in [-0.15, -0.1) is 0 Å². The van der Waals surface area contributed by atoms with Crippen LogP contribution in [0.1, 0.15) is 53.9 Å². The number of primary amides is 1. The monoisotopic (exact) mass is 411 g/mol. The van der Waals surface area contributed by atoms with Crippen LogP contribution in [0, 0.1) is 23.7 Å². The first-order chi connectivity index (χ1) is 15.1. The fraction of sp³-hybridized carbons (Fsp3) is 0.393. The van der Waals surface area contributed by atoms with Crippen LogP contribution in [-0.4, -0.2) is 13.0 Å². The van der Waals surface area contributed by atoms with Gasteiger partial charge in [0, 0.05) is 5.56 Å². The Morgan fingerprint density at radius 1 is 0.806 bits per heavy atom. The van der Waals surface area contributed by atoms with Crippen molar-refractivity contribution in [1.82, 2.24) is 0 Å². The standard InChI is InChI=1S/C28H29NO2/c1-31-26-7-6-21(19-2-3-20-14-22(28(29)30)5-4-18(20)13-19)15-25(26)27-23-9-16-8-17(11-23)12-24(27)10-16/h2-7,13-17,23-24,27H,8-12H2,1H3,(H2,29,30). The van der Waals surface area contributed by atoms with Crippen molar-refractivity contribution in [2.24, 2.45) is 29.4 Å². The molecule has 0 saturated heterocycles. The van der Waals surface area contributed by atoms with Crippen LogP contribution in [0.15, 0.2) is 54.6 Å². The highest BCUT2D eigenvalue weighted by atomic mass is 16.5. The molecule has 0 aliphatic heterocycles. The van der Waals surface area contributed by atoms with E-state index in [2.05, 4.69) is 36.4 Å². The van der Waals surface area contributed by atoms with E-state index in [0.717, 1.165) is 40.2 Å². The van der Waals surface area contributed by atoms with Crippen molar-refractivity contribution in [2.45, 2.75) is 38.0 Å². The molecule has 0 spiro atoms. The van der Waals surface area contributed by atoms with Crippen molar-refractivity contribution in [1.29, 1.82) is 0 Å². The molecule has 31 heavy (non-hydrogen) atoms. The van der Waals surface area contributed by atoms with E-state index in [1.807, 2.05) is 18.2 Å². The van der Waals surface area contributed by atoms with Crippen molar-refractivity contribution in [3.8, 4) is 16.9 Å². The topological polar surface area (TPSA) is 52.3 Å². The third-order valence-corrected chi connectivity index (χ3v) is 8.27. The molecule has 7 rings (SSSR count). The van der Waals surface area contributed by atoms with Gasteiger partial charge in [-0.1, -0.05) is 24.3 Å². The summed E-state index contributed by atoms with van der Waals surface area (Å²) < 4.78 is 5.85. The molecule has 0 aromatic heterocycles. The predicted molar refractivity (Wildman–Crippen MR) is 124 cm³/mol. The lowest BCUT2D eigenvalue weighted by Crippen LogP contribution is -2.43. The van der Waals surface area contributed by atoms with Crippen LogP contribution >= 0.6 is 0 Å². The first-order valence-corrected chi connectivity index (χ1v) is 11.6. The number of carbonyl (C=O) groups excluding carboxylic acids is 1. The Hall–Kier alpha value is -2.81. The molecule has 4 saturated carbocycles. The van der Waals surface area contributed by atoms with Crippen LogP contribution in [0.25, 0.3) is 21.9 Å². The third-order valence-electron chi connectivity index (χ3n) is 8.27. The molecule has 4 bridgehead atoms. The zero-order valence-corrected chi connectivity index (χ0v) is 18.0. The van der Waals surface area contributed by atoms with Crippen molar-refractivity contribution in [2.75, 3.05) is 7.11 Å². The summed E-state index contributed by atoms with van der Waals surface area (Å²) in [7, 11) is 1.81. The number of nitrogens with two attached hydrogens (primary N) is 1. The summed E-state index contributed by atoms with van der Waals surface area (Å²) in [5.41, 5.74) is 9.85. The largest absolute Gasteiger partial charge is 0.496 e. The first kappa shape index (κ1) is 18.9. The second kappa shape index (κ2) is 7.12. The number of ether oxygens (including phenoxy) is 1. The van der Waals surface area contributed by atoms with Crippen molar-refractivity contribution in [3.05, 3.63) is 65.7 Å². The Kier molecular flexibility index (Phi) is 4.34. The van der Waals surface area contributed by atoms with Crippen LogP contribution in [0.4, 0.5) is 0 Å². The van der Waals surface area contributed by atoms with Gasteiger partial charge in [-0.2, -0.15) is 0 Å². The number of rotatable bonds is 4. The van der Waals surface area contributed by atoms with E-state index in [1.165, 1.54) is 48.8 Å². The minimum absolute atomic E-state index is 0.388. The first-order valence-electron chi connectivity index (χ1n) is 11.6. The number of hydrogen-bond donors (Lipinski definition) is 1. The number of fused-ring (bicyclic) bond motifs is 1. The Labute approximate surface area is 183 Å². The van der Waals surface area contributed by atoms with E-state index in [1.54, 1.807) is 7.11 Å². The summed E-state index contributed by atoms with van der Waals surface area (Å²) in [4.78, 5) is 11.5. The smallest absolute Gasteiger partial charge is 0.248 e. The maximum absolute atomic E-state index is 11.5.